The van der Waals surface area contributed by atoms with Crippen molar-refractivity contribution in [2.45, 2.75) is 19.1 Å². The largest absolute Gasteiger partial charge is 0.428 e. The Balaban J connectivity index is 0.00000200. The Labute approximate surface area is 140 Å². The summed E-state index contributed by atoms with van der Waals surface area (Å²) in [6.45, 7) is 1.29. The summed E-state index contributed by atoms with van der Waals surface area (Å²) in [4.78, 5) is 3.86. The first kappa shape index (κ1) is 17.3. The van der Waals surface area contributed by atoms with Crippen LogP contribution in [0.2, 0.25) is 0 Å². The van der Waals surface area contributed by atoms with Crippen molar-refractivity contribution < 1.29 is 46.4 Å². The molecular weight excluding hydrogens is 486 g/mol. The molecule has 0 aliphatic carbocycles. The third-order valence-electron chi connectivity index (χ3n) is 2.93. The first-order chi connectivity index (χ1) is 9.04. The third-order valence-corrected chi connectivity index (χ3v) is 2.93. The monoisotopic (exact) mass is 502 g/mol. The second-order valence-corrected chi connectivity index (χ2v) is 4.31. The van der Waals surface area contributed by atoms with Crippen LogP contribution in [0.3, 0.4) is 0 Å². The molecule has 8 heteroatoms. The van der Waals surface area contributed by atoms with Crippen molar-refractivity contribution in [3.63, 3.8) is 0 Å². The van der Waals surface area contributed by atoms with E-state index in [1.165, 1.54) is 17.3 Å². The summed E-state index contributed by atoms with van der Waals surface area (Å²) in [5.74, 6) is 0.724. The summed E-state index contributed by atoms with van der Waals surface area (Å²) in [5, 5.41) is 32.6. The summed E-state index contributed by atoms with van der Waals surface area (Å²) < 4.78 is 1.52. The Kier molecular flexibility index (Phi) is 6.30. The molecule has 0 saturated carbocycles. The Morgan fingerprint density at radius 1 is 1.45 bits per heavy atom. The quantitative estimate of drug-likeness (QED) is 0.397. The first-order valence-corrected chi connectivity index (χ1v) is 5.77. The number of nitrogen functional groups attached to an aromatic ring is 1. The molecule has 0 aromatic carbocycles. The van der Waals surface area contributed by atoms with Gasteiger partial charge in [0.2, 0.25) is 0 Å². The molecule has 0 bridgehead atoms. The van der Waals surface area contributed by atoms with Crippen LogP contribution in [0.1, 0.15) is 12.6 Å². The molecule has 2 atom stereocenters. The van der Waals surface area contributed by atoms with Gasteiger partial charge in [-0.05, 0) is 6.10 Å². The number of rotatable bonds is 5. The van der Waals surface area contributed by atoms with E-state index in [0.717, 1.165) is 0 Å². The SMILES string of the molecule is C[C-](CO)[C@@H](O)[C@@H](O)[CH-]c1ccc2c(N)ncnn12.[U]. The van der Waals surface area contributed by atoms with Gasteiger partial charge in [0.25, 0.3) is 0 Å². The average Bonchev–Trinajstić information content (AvgIpc) is 2.81. The maximum atomic E-state index is 9.89. The van der Waals surface area contributed by atoms with Crippen LogP contribution < -0.4 is 5.73 Å². The van der Waals surface area contributed by atoms with Crippen molar-refractivity contribution in [1.29, 1.82) is 0 Å². The maximum absolute atomic E-state index is 9.89. The van der Waals surface area contributed by atoms with Gasteiger partial charge in [-0.25, -0.2) is 4.98 Å². The molecule has 7 nitrogen and oxygen atoms in total. The fraction of sp³-hybridized carbons (Fsp3) is 0.333. The van der Waals surface area contributed by atoms with E-state index < -0.39 is 12.2 Å². The van der Waals surface area contributed by atoms with Gasteiger partial charge < -0.3 is 21.1 Å². The molecule has 0 amide bonds. The number of fused-ring (bicyclic) bond motifs is 1. The minimum absolute atomic E-state index is 0. The second-order valence-electron chi connectivity index (χ2n) is 4.31. The molecule has 20 heavy (non-hydrogen) atoms. The zero-order valence-electron chi connectivity index (χ0n) is 10.9. The van der Waals surface area contributed by atoms with Crippen molar-refractivity contribution in [2.75, 3.05) is 12.3 Å². The molecule has 0 aliphatic rings. The van der Waals surface area contributed by atoms with Crippen LogP contribution in [0.15, 0.2) is 18.5 Å². The zero-order chi connectivity index (χ0) is 14.0. The smallest absolute Gasteiger partial charge is 0.149 e. The molecule has 0 aliphatic heterocycles. The Morgan fingerprint density at radius 2 is 2.15 bits per heavy atom. The number of nitrogens with two attached hydrogens (primary N) is 1. The van der Waals surface area contributed by atoms with E-state index in [1.54, 1.807) is 19.1 Å². The summed E-state index contributed by atoms with van der Waals surface area (Å²) in [7, 11) is 0. The van der Waals surface area contributed by atoms with E-state index >= 15 is 0 Å². The van der Waals surface area contributed by atoms with E-state index in [1.807, 2.05) is 0 Å². The van der Waals surface area contributed by atoms with Crippen LogP contribution in [0.4, 0.5) is 5.82 Å². The van der Waals surface area contributed by atoms with Gasteiger partial charge in [-0.3, -0.25) is 10.4 Å². The molecule has 0 spiro atoms. The second kappa shape index (κ2) is 7.29. The van der Waals surface area contributed by atoms with E-state index in [9.17, 15) is 10.2 Å². The minimum atomic E-state index is -1.14. The number of nitrogens with zero attached hydrogens (tertiary/aromatic N) is 3. The summed E-state index contributed by atoms with van der Waals surface area (Å²) in [6, 6.07) is 3.44. The molecule has 2 aromatic heterocycles. The van der Waals surface area contributed by atoms with Crippen LogP contribution in [-0.2, 0) is 0 Å². The Bertz CT molecular complexity index is 563. The van der Waals surface area contributed by atoms with Crippen LogP contribution in [0.25, 0.3) is 5.52 Å². The Hall–Kier alpha value is -0.778. The predicted molar refractivity (Wildman–Crippen MR) is 68.8 cm³/mol. The zero-order valence-corrected chi connectivity index (χ0v) is 15.1. The fourth-order valence-electron chi connectivity index (χ4n) is 1.75. The molecule has 0 radical (unpaired) electrons. The van der Waals surface area contributed by atoms with Gasteiger partial charge in [-0.15, -0.1) is 6.07 Å². The summed E-state index contributed by atoms with van der Waals surface area (Å²) >= 11 is 0. The minimum Gasteiger partial charge on any atom is -0.428 e. The molecule has 2 heterocycles. The number of hydrogen-bond donors (Lipinski definition) is 4. The summed E-state index contributed by atoms with van der Waals surface area (Å²) in [5.41, 5.74) is 6.90. The van der Waals surface area contributed by atoms with E-state index in [-0.39, 0.29) is 37.7 Å². The molecule has 0 fully saturated rings. The summed E-state index contributed by atoms with van der Waals surface area (Å²) in [6.07, 6.45) is 0.493. The van der Waals surface area contributed by atoms with Gasteiger partial charge in [0.1, 0.15) is 12.1 Å². The van der Waals surface area contributed by atoms with E-state index in [0.29, 0.717) is 22.9 Å². The van der Waals surface area contributed by atoms with Gasteiger partial charge in [0, 0.05) is 37.2 Å². The van der Waals surface area contributed by atoms with Crippen molar-refractivity contribution in [3.8, 4) is 0 Å². The van der Waals surface area contributed by atoms with Crippen LogP contribution in [0, 0.1) is 43.5 Å². The van der Waals surface area contributed by atoms with Crippen molar-refractivity contribution in [1.82, 2.24) is 14.6 Å². The topological polar surface area (TPSA) is 117 Å². The number of aliphatic hydroxyl groups excluding tert-OH is 3. The normalized spacial score (nSPS) is 14.1. The van der Waals surface area contributed by atoms with E-state index in [2.05, 4.69) is 10.1 Å². The maximum Gasteiger partial charge on any atom is 0.149 e. The number of hydrogen-bond acceptors (Lipinski definition) is 6. The van der Waals surface area contributed by atoms with Crippen molar-refractivity contribution in [3.05, 3.63) is 36.5 Å². The predicted octanol–water partition coefficient (Wildman–Crippen LogP) is -0.828. The molecule has 2 rings (SSSR count). The molecular formula is C12H16N4O3U-2. The standard InChI is InChI=1S/C12H16N4O3.U/c1-7(5-17)11(19)10(18)4-8-2-3-9-12(13)14-6-15-16(8)9;/h2-4,6,10-11,17-19H,5H2,1H3,(H2,13,14,15);/q-2;/t10-,11+;/m0./s1. The molecule has 5 N–H and O–H groups in total. The molecule has 0 saturated heterocycles. The van der Waals surface area contributed by atoms with Gasteiger partial charge in [0.15, 0.2) is 0 Å². The van der Waals surface area contributed by atoms with Gasteiger partial charge in [0.05, 0.1) is 5.52 Å². The Morgan fingerprint density at radius 3 is 2.80 bits per heavy atom. The number of anilines is 1. The van der Waals surface area contributed by atoms with Gasteiger partial charge in [-0.2, -0.15) is 24.5 Å². The van der Waals surface area contributed by atoms with Gasteiger partial charge >= 0.3 is 0 Å². The van der Waals surface area contributed by atoms with Crippen molar-refractivity contribution >= 4 is 11.3 Å². The number of aliphatic hydroxyl groups is 3. The van der Waals surface area contributed by atoms with Gasteiger partial charge in [-0.1, -0.05) is 12.3 Å². The van der Waals surface area contributed by atoms with Crippen LogP contribution in [0.5, 0.6) is 0 Å². The first-order valence-electron chi connectivity index (χ1n) is 5.77. The third kappa shape index (κ3) is 3.45. The molecule has 0 unspecified atom stereocenters. The van der Waals surface area contributed by atoms with Crippen LogP contribution >= 0.6 is 0 Å². The fourth-order valence-corrected chi connectivity index (χ4v) is 1.75. The van der Waals surface area contributed by atoms with Crippen molar-refractivity contribution in [2.24, 2.45) is 0 Å². The molecule has 2 aromatic rings. The number of aromatic nitrogens is 3. The molecule has 108 valence electrons. The average molecular weight is 502 g/mol. The van der Waals surface area contributed by atoms with E-state index in [4.69, 9.17) is 10.8 Å². The van der Waals surface area contributed by atoms with Crippen LogP contribution in [-0.4, -0.2) is 48.7 Å².